The van der Waals surface area contributed by atoms with Gasteiger partial charge in [0.1, 0.15) is 0 Å². The molecule has 0 aliphatic rings. The Hall–Kier alpha value is -2.92. The minimum absolute atomic E-state index is 0.0668. The van der Waals surface area contributed by atoms with Crippen molar-refractivity contribution in [1.82, 2.24) is 9.78 Å². The average molecular weight is 396 g/mol. The van der Waals surface area contributed by atoms with Gasteiger partial charge in [-0.05, 0) is 42.7 Å². The summed E-state index contributed by atoms with van der Waals surface area (Å²) in [6.45, 7) is 2.43. The first-order chi connectivity index (χ1) is 13.6. The molecule has 3 rings (SSSR count). The minimum Gasteiger partial charge on any atom is -0.326 e. The van der Waals surface area contributed by atoms with Crippen molar-refractivity contribution in [3.8, 4) is 11.3 Å². The number of benzene rings is 2. The number of hydrogen-bond acceptors (Lipinski definition) is 3. The predicted octanol–water partition coefficient (Wildman–Crippen LogP) is 4.55. The van der Waals surface area contributed by atoms with Crippen molar-refractivity contribution in [2.75, 3.05) is 5.32 Å². The summed E-state index contributed by atoms with van der Waals surface area (Å²) in [6, 6.07) is 18.2. The van der Waals surface area contributed by atoms with E-state index in [0.717, 1.165) is 23.2 Å². The van der Waals surface area contributed by atoms with Crippen molar-refractivity contribution < 1.29 is 4.79 Å². The van der Waals surface area contributed by atoms with Gasteiger partial charge in [0.2, 0.25) is 5.91 Å². The first kappa shape index (κ1) is 19.8. The van der Waals surface area contributed by atoms with Crippen LogP contribution in [0, 0.1) is 0 Å². The van der Waals surface area contributed by atoms with Crippen molar-refractivity contribution in [3.05, 3.63) is 81.6 Å². The van der Waals surface area contributed by atoms with Crippen LogP contribution in [-0.2, 0) is 17.8 Å². The molecular formula is C22H22ClN3O2. The van der Waals surface area contributed by atoms with E-state index in [9.17, 15) is 9.59 Å². The Labute approximate surface area is 169 Å². The van der Waals surface area contributed by atoms with Gasteiger partial charge in [-0.2, -0.15) is 5.10 Å². The number of hydrogen-bond donors (Lipinski definition) is 1. The van der Waals surface area contributed by atoms with Gasteiger partial charge in [-0.15, -0.1) is 0 Å². The van der Waals surface area contributed by atoms with Gasteiger partial charge in [0.25, 0.3) is 5.56 Å². The number of anilines is 1. The minimum atomic E-state index is -0.186. The summed E-state index contributed by atoms with van der Waals surface area (Å²) in [6.07, 6.45) is 1.70. The molecular weight excluding hydrogens is 374 g/mol. The lowest BCUT2D eigenvalue weighted by atomic mass is 10.1. The van der Waals surface area contributed by atoms with Crippen LogP contribution >= 0.6 is 11.6 Å². The van der Waals surface area contributed by atoms with Gasteiger partial charge in [0.15, 0.2) is 0 Å². The largest absolute Gasteiger partial charge is 0.326 e. The molecule has 144 valence electrons. The second-order valence-corrected chi connectivity index (χ2v) is 6.89. The molecule has 0 spiro atoms. The molecule has 1 heterocycles. The summed E-state index contributed by atoms with van der Waals surface area (Å²) < 4.78 is 1.40. The molecule has 3 aromatic rings. The van der Waals surface area contributed by atoms with Gasteiger partial charge in [-0.3, -0.25) is 9.59 Å². The van der Waals surface area contributed by atoms with Gasteiger partial charge >= 0.3 is 0 Å². The molecule has 28 heavy (non-hydrogen) atoms. The number of halogens is 1. The lowest BCUT2D eigenvalue weighted by Crippen LogP contribution is -2.23. The average Bonchev–Trinajstić information content (AvgIpc) is 2.70. The fourth-order valence-corrected chi connectivity index (χ4v) is 3.06. The summed E-state index contributed by atoms with van der Waals surface area (Å²) in [4.78, 5) is 24.3. The van der Waals surface area contributed by atoms with E-state index in [1.165, 1.54) is 10.7 Å². The quantitative estimate of drug-likeness (QED) is 0.638. The first-order valence-electron chi connectivity index (χ1n) is 9.28. The van der Waals surface area contributed by atoms with E-state index < -0.39 is 0 Å². The van der Waals surface area contributed by atoms with Crippen molar-refractivity contribution in [2.45, 2.75) is 32.7 Å². The zero-order chi connectivity index (χ0) is 19.9. The van der Waals surface area contributed by atoms with E-state index in [4.69, 9.17) is 11.6 Å². The zero-order valence-electron chi connectivity index (χ0n) is 15.7. The third kappa shape index (κ3) is 5.08. The second-order valence-electron chi connectivity index (χ2n) is 6.45. The highest BCUT2D eigenvalue weighted by Crippen LogP contribution is 2.19. The predicted molar refractivity (Wildman–Crippen MR) is 113 cm³/mol. The van der Waals surface area contributed by atoms with E-state index in [0.29, 0.717) is 30.1 Å². The molecule has 6 heteroatoms. The molecule has 2 aromatic carbocycles. The molecule has 0 aliphatic heterocycles. The third-order valence-electron chi connectivity index (χ3n) is 4.45. The molecule has 5 nitrogen and oxygen atoms in total. The Bertz CT molecular complexity index is 1010. The van der Waals surface area contributed by atoms with E-state index in [-0.39, 0.29) is 11.5 Å². The Balaban J connectivity index is 1.61. The number of carbonyl (C=O) groups excluding carboxylic acids is 1. The lowest BCUT2D eigenvalue weighted by Gasteiger charge is -2.10. The fraction of sp³-hybridized carbons (Fsp3) is 0.227. The molecule has 0 atom stereocenters. The van der Waals surface area contributed by atoms with Crippen LogP contribution < -0.4 is 10.9 Å². The van der Waals surface area contributed by atoms with Crippen LogP contribution in [0.1, 0.15) is 25.3 Å². The summed E-state index contributed by atoms with van der Waals surface area (Å²) >= 11 is 5.92. The summed E-state index contributed by atoms with van der Waals surface area (Å²) in [5.74, 6) is -0.0668. The molecule has 1 aromatic heterocycles. The van der Waals surface area contributed by atoms with Crippen molar-refractivity contribution in [2.24, 2.45) is 0 Å². The van der Waals surface area contributed by atoms with Crippen LogP contribution in [0.5, 0.6) is 0 Å². The number of para-hydroxylation sites is 1. The number of nitrogens with one attached hydrogen (secondary N) is 1. The number of rotatable bonds is 7. The molecule has 0 radical (unpaired) electrons. The molecule has 0 saturated carbocycles. The molecule has 0 bridgehead atoms. The van der Waals surface area contributed by atoms with Crippen LogP contribution in [0.25, 0.3) is 11.3 Å². The first-order valence-corrected chi connectivity index (χ1v) is 9.66. The van der Waals surface area contributed by atoms with Gasteiger partial charge in [0, 0.05) is 35.3 Å². The summed E-state index contributed by atoms with van der Waals surface area (Å²) in [5, 5.41) is 8.00. The van der Waals surface area contributed by atoms with Crippen LogP contribution in [0.2, 0.25) is 5.02 Å². The van der Waals surface area contributed by atoms with E-state index in [2.05, 4.69) is 17.3 Å². The number of nitrogens with zero attached hydrogens (tertiary/aromatic N) is 2. The number of carbonyl (C=O) groups is 1. The molecule has 0 unspecified atom stereocenters. The van der Waals surface area contributed by atoms with Crippen LogP contribution in [-0.4, -0.2) is 15.7 Å². The molecule has 1 amide bonds. The van der Waals surface area contributed by atoms with Crippen LogP contribution in [0.3, 0.4) is 0 Å². The number of aryl methyl sites for hydroxylation is 2. The standard InChI is InChI=1S/C22H22ClN3O2/c1-2-16-6-3-4-7-19(16)24-21(27)8-5-15-26-22(28)14-13-20(25-26)17-9-11-18(23)12-10-17/h3-4,6-7,9-14H,2,5,8,15H2,1H3,(H,24,27). The van der Waals surface area contributed by atoms with Crippen LogP contribution in [0.4, 0.5) is 5.69 Å². The Morgan fingerprint density at radius 2 is 1.82 bits per heavy atom. The second kappa shape index (κ2) is 9.33. The van der Waals surface area contributed by atoms with E-state index >= 15 is 0 Å². The molecule has 0 aliphatic carbocycles. The highest BCUT2D eigenvalue weighted by Gasteiger charge is 2.08. The molecule has 0 fully saturated rings. The zero-order valence-corrected chi connectivity index (χ0v) is 16.4. The summed E-state index contributed by atoms with van der Waals surface area (Å²) in [5.41, 5.74) is 3.33. The normalized spacial score (nSPS) is 10.6. The third-order valence-corrected chi connectivity index (χ3v) is 4.70. The molecule has 0 saturated heterocycles. The van der Waals surface area contributed by atoms with Crippen molar-refractivity contribution >= 4 is 23.2 Å². The Morgan fingerprint density at radius 1 is 1.07 bits per heavy atom. The van der Waals surface area contributed by atoms with Gasteiger partial charge in [-0.25, -0.2) is 4.68 Å². The van der Waals surface area contributed by atoms with Crippen molar-refractivity contribution in [1.29, 1.82) is 0 Å². The SMILES string of the molecule is CCc1ccccc1NC(=O)CCCn1nc(-c2ccc(Cl)cc2)ccc1=O. The highest BCUT2D eigenvalue weighted by atomic mass is 35.5. The van der Waals surface area contributed by atoms with Gasteiger partial charge < -0.3 is 5.32 Å². The Morgan fingerprint density at radius 3 is 2.57 bits per heavy atom. The Kier molecular flexibility index (Phi) is 6.61. The maximum Gasteiger partial charge on any atom is 0.266 e. The highest BCUT2D eigenvalue weighted by molar-refractivity contribution is 6.30. The van der Waals surface area contributed by atoms with Gasteiger partial charge in [0.05, 0.1) is 5.69 Å². The monoisotopic (exact) mass is 395 g/mol. The van der Waals surface area contributed by atoms with Gasteiger partial charge in [-0.1, -0.05) is 48.9 Å². The number of aromatic nitrogens is 2. The summed E-state index contributed by atoms with van der Waals surface area (Å²) in [7, 11) is 0. The molecule has 1 N–H and O–H groups in total. The van der Waals surface area contributed by atoms with E-state index in [1.54, 1.807) is 18.2 Å². The maximum absolute atomic E-state index is 12.2. The topological polar surface area (TPSA) is 64.0 Å². The fourth-order valence-electron chi connectivity index (χ4n) is 2.94. The van der Waals surface area contributed by atoms with Crippen molar-refractivity contribution in [3.63, 3.8) is 0 Å². The van der Waals surface area contributed by atoms with E-state index in [1.807, 2.05) is 36.4 Å². The van der Waals surface area contributed by atoms with Crippen LogP contribution in [0.15, 0.2) is 65.5 Å². The lowest BCUT2D eigenvalue weighted by molar-refractivity contribution is -0.116. The number of amides is 1. The smallest absolute Gasteiger partial charge is 0.266 e. The maximum atomic E-state index is 12.2.